The molecule has 0 aliphatic heterocycles. The smallest absolute Gasteiger partial charge is 0.465 e. The monoisotopic (exact) mass is 381 g/mol. The van der Waals surface area contributed by atoms with E-state index in [0.29, 0.717) is 0 Å². The summed E-state index contributed by atoms with van der Waals surface area (Å²) in [6, 6.07) is 5.56. The van der Waals surface area contributed by atoms with Crippen molar-refractivity contribution in [3.63, 3.8) is 0 Å². The lowest BCUT2D eigenvalue weighted by molar-refractivity contribution is -0.275. The Hall–Kier alpha value is -2.27. The number of rotatable bonds is 5. The number of carbonyl (C=O) groups excluding carboxylic acids is 1. The summed E-state index contributed by atoms with van der Waals surface area (Å²) >= 11 is 0.920. The van der Waals surface area contributed by atoms with Gasteiger partial charge in [-0.1, -0.05) is 12.1 Å². The van der Waals surface area contributed by atoms with Crippen molar-refractivity contribution < 1.29 is 35.9 Å². The van der Waals surface area contributed by atoms with E-state index in [2.05, 4.69) is 14.2 Å². The lowest BCUT2D eigenvalue weighted by Crippen LogP contribution is -2.21. The molecule has 0 aliphatic carbocycles. The molecule has 2 aromatic rings. The zero-order valence-corrected chi connectivity index (χ0v) is 13.6. The number of methoxy groups -OCH3 is 1. The molecule has 0 unspecified atom stereocenters. The lowest BCUT2D eigenvalue weighted by Gasteiger charge is -2.14. The molecule has 11 heteroatoms. The number of alkyl halides is 3. The van der Waals surface area contributed by atoms with Gasteiger partial charge in [0.15, 0.2) is 0 Å². The van der Waals surface area contributed by atoms with Crippen LogP contribution in [0.15, 0.2) is 40.6 Å². The first-order valence-electron chi connectivity index (χ1n) is 6.17. The Bertz CT molecular complexity index is 845. The molecule has 0 aliphatic rings. The lowest BCUT2D eigenvalue weighted by atomic mass is 10.3. The normalized spacial score (nSPS) is 11.8. The van der Waals surface area contributed by atoms with Crippen LogP contribution in [0.25, 0.3) is 0 Å². The van der Waals surface area contributed by atoms with E-state index < -0.39 is 33.0 Å². The van der Waals surface area contributed by atoms with Gasteiger partial charge in [0.25, 0.3) is 10.0 Å². The van der Waals surface area contributed by atoms with E-state index in [0.717, 1.165) is 30.6 Å². The minimum absolute atomic E-state index is 0.0321. The van der Waals surface area contributed by atoms with Crippen molar-refractivity contribution in [2.45, 2.75) is 11.3 Å². The molecule has 0 atom stereocenters. The van der Waals surface area contributed by atoms with Crippen LogP contribution in [0.3, 0.4) is 0 Å². The number of para-hydroxylation sites is 1. The van der Waals surface area contributed by atoms with Gasteiger partial charge in [-0.05, 0) is 23.6 Å². The summed E-state index contributed by atoms with van der Waals surface area (Å²) in [6.45, 7) is 0. The third kappa shape index (κ3) is 4.17. The number of carbonyl (C=O) groups is 1. The van der Waals surface area contributed by atoms with Gasteiger partial charge < -0.3 is 9.47 Å². The number of anilines is 1. The van der Waals surface area contributed by atoms with E-state index in [4.69, 9.17) is 0 Å². The van der Waals surface area contributed by atoms with Crippen molar-refractivity contribution in [2.24, 2.45) is 0 Å². The van der Waals surface area contributed by atoms with Crippen molar-refractivity contribution in [3.8, 4) is 5.75 Å². The Balaban J connectivity index is 2.39. The summed E-state index contributed by atoms with van der Waals surface area (Å²) in [7, 11) is -3.31. The molecule has 0 saturated heterocycles. The molecule has 6 nitrogen and oxygen atoms in total. The Kier molecular flexibility index (Phi) is 5.04. The molecule has 1 aromatic heterocycles. The van der Waals surface area contributed by atoms with Crippen LogP contribution in [-0.2, 0) is 14.8 Å². The standard InChI is InChI=1S/C13H10F3NO5S2/c1-21-12(18)11-8(6-7-23-11)17-24(19,20)10-5-3-2-4-9(10)22-13(14,15)16/h2-7,17H,1H3. The number of hydrogen-bond donors (Lipinski definition) is 1. The predicted molar refractivity (Wildman–Crippen MR) is 79.6 cm³/mol. The maximum absolute atomic E-state index is 12.4. The Morgan fingerprint density at radius 3 is 2.50 bits per heavy atom. The number of sulfonamides is 1. The molecular weight excluding hydrogens is 371 g/mol. The first-order chi connectivity index (χ1) is 11.1. The van der Waals surface area contributed by atoms with Gasteiger partial charge >= 0.3 is 12.3 Å². The number of nitrogens with one attached hydrogen (secondary N) is 1. The summed E-state index contributed by atoms with van der Waals surface area (Å²) in [5.41, 5.74) is -0.103. The summed E-state index contributed by atoms with van der Waals surface area (Å²) in [5.74, 6) is -1.66. The van der Waals surface area contributed by atoms with Gasteiger partial charge in [0.2, 0.25) is 0 Å². The van der Waals surface area contributed by atoms with Crippen LogP contribution >= 0.6 is 11.3 Å². The highest BCUT2D eigenvalue weighted by Gasteiger charge is 2.34. The van der Waals surface area contributed by atoms with Gasteiger partial charge in [-0.2, -0.15) is 0 Å². The van der Waals surface area contributed by atoms with Crippen molar-refractivity contribution >= 4 is 33.0 Å². The van der Waals surface area contributed by atoms with Crippen LogP contribution in [0.5, 0.6) is 5.75 Å². The van der Waals surface area contributed by atoms with Gasteiger partial charge in [-0.3, -0.25) is 4.72 Å². The van der Waals surface area contributed by atoms with Crippen molar-refractivity contribution in [1.82, 2.24) is 0 Å². The van der Waals surface area contributed by atoms with Crippen LogP contribution in [-0.4, -0.2) is 27.9 Å². The molecule has 0 fully saturated rings. The summed E-state index contributed by atoms with van der Waals surface area (Å²) < 4.78 is 72.2. The Morgan fingerprint density at radius 2 is 1.88 bits per heavy atom. The second kappa shape index (κ2) is 6.69. The molecule has 0 bridgehead atoms. The molecule has 24 heavy (non-hydrogen) atoms. The number of thiophene rings is 1. The average molecular weight is 381 g/mol. The van der Waals surface area contributed by atoms with Gasteiger partial charge in [0.05, 0.1) is 12.8 Å². The number of halogens is 3. The molecule has 130 valence electrons. The fourth-order valence-electron chi connectivity index (χ4n) is 1.72. The van der Waals surface area contributed by atoms with E-state index >= 15 is 0 Å². The summed E-state index contributed by atoms with van der Waals surface area (Å²) in [4.78, 5) is 10.8. The SMILES string of the molecule is COC(=O)c1sccc1NS(=O)(=O)c1ccccc1OC(F)(F)F. The summed E-state index contributed by atoms with van der Waals surface area (Å²) in [5, 5.41) is 1.43. The van der Waals surface area contributed by atoms with Crippen molar-refractivity contribution in [1.29, 1.82) is 0 Å². The molecule has 1 heterocycles. The first kappa shape index (κ1) is 18.1. The fourth-order valence-corrected chi connectivity index (χ4v) is 3.75. The topological polar surface area (TPSA) is 81.7 Å². The van der Waals surface area contributed by atoms with E-state index in [9.17, 15) is 26.4 Å². The fraction of sp³-hybridized carbons (Fsp3) is 0.154. The highest BCUT2D eigenvalue weighted by molar-refractivity contribution is 7.92. The number of ether oxygens (including phenoxy) is 2. The quantitative estimate of drug-likeness (QED) is 0.804. The van der Waals surface area contributed by atoms with Gasteiger partial charge in [0, 0.05) is 0 Å². The third-order valence-electron chi connectivity index (χ3n) is 2.64. The van der Waals surface area contributed by atoms with E-state index in [1.165, 1.54) is 23.6 Å². The molecule has 1 N–H and O–H groups in total. The van der Waals surface area contributed by atoms with Crippen LogP contribution < -0.4 is 9.46 Å². The largest absolute Gasteiger partial charge is 0.573 e. The highest BCUT2D eigenvalue weighted by atomic mass is 32.2. The molecule has 0 amide bonds. The van der Waals surface area contributed by atoms with E-state index in [-0.39, 0.29) is 10.6 Å². The maximum Gasteiger partial charge on any atom is 0.573 e. The van der Waals surface area contributed by atoms with Crippen LogP contribution in [0.4, 0.5) is 18.9 Å². The second-order valence-corrected chi connectivity index (χ2v) is 6.82. The van der Waals surface area contributed by atoms with Gasteiger partial charge in [-0.25, -0.2) is 13.2 Å². The Morgan fingerprint density at radius 1 is 1.21 bits per heavy atom. The number of hydrogen-bond acceptors (Lipinski definition) is 6. The van der Waals surface area contributed by atoms with Crippen LogP contribution in [0.1, 0.15) is 9.67 Å². The summed E-state index contributed by atoms with van der Waals surface area (Å²) in [6.07, 6.45) is -5.05. The van der Waals surface area contributed by atoms with E-state index in [1.54, 1.807) is 0 Å². The third-order valence-corrected chi connectivity index (χ3v) is 4.94. The molecule has 0 saturated carbocycles. The Labute approximate surface area is 138 Å². The van der Waals surface area contributed by atoms with Gasteiger partial charge in [0.1, 0.15) is 15.5 Å². The molecule has 0 radical (unpaired) electrons. The van der Waals surface area contributed by atoms with E-state index in [1.807, 2.05) is 0 Å². The minimum Gasteiger partial charge on any atom is -0.465 e. The molecule has 2 rings (SSSR count). The molecule has 1 aromatic carbocycles. The highest BCUT2D eigenvalue weighted by Crippen LogP contribution is 2.32. The number of esters is 1. The minimum atomic E-state index is -5.05. The first-order valence-corrected chi connectivity index (χ1v) is 8.54. The van der Waals surface area contributed by atoms with Crippen LogP contribution in [0, 0.1) is 0 Å². The second-order valence-electron chi connectivity index (χ2n) is 4.26. The zero-order valence-electron chi connectivity index (χ0n) is 12.0. The average Bonchev–Trinajstić information content (AvgIpc) is 2.92. The van der Waals surface area contributed by atoms with Crippen molar-refractivity contribution in [3.05, 3.63) is 40.6 Å². The molecular formula is C13H10F3NO5S2. The maximum atomic E-state index is 12.4. The predicted octanol–water partition coefficient (Wildman–Crippen LogP) is 3.23. The zero-order chi connectivity index (χ0) is 18.0. The van der Waals surface area contributed by atoms with Gasteiger partial charge in [-0.15, -0.1) is 24.5 Å². The van der Waals surface area contributed by atoms with Crippen molar-refractivity contribution in [2.75, 3.05) is 11.8 Å². The number of benzene rings is 1. The van der Waals surface area contributed by atoms with Crippen LogP contribution in [0.2, 0.25) is 0 Å². The molecule has 0 spiro atoms.